The molecule has 0 aliphatic rings. The van der Waals surface area contributed by atoms with Gasteiger partial charge in [-0.25, -0.2) is 0 Å². The second-order valence-electron chi connectivity index (χ2n) is 3.68. The normalized spacial score (nSPS) is 10.4. The van der Waals surface area contributed by atoms with Crippen LogP contribution in [0.1, 0.15) is 31.7 Å². The molecule has 1 aromatic heterocycles. The summed E-state index contributed by atoms with van der Waals surface area (Å²) >= 11 is 0. The summed E-state index contributed by atoms with van der Waals surface area (Å²) in [6, 6.07) is 2.01. The number of aromatic nitrogens is 2. The van der Waals surface area contributed by atoms with E-state index in [-0.39, 0.29) is 0 Å². The van der Waals surface area contributed by atoms with Crippen LogP contribution in [-0.2, 0) is 18.3 Å². The Balaban J connectivity index is 2.62. The summed E-state index contributed by atoms with van der Waals surface area (Å²) in [5.74, 6) is 0.639. The molecule has 0 aromatic carbocycles. The zero-order chi connectivity index (χ0) is 12.0. The van der Waals surface area contributed by atoms with Crippen molar-refractivity contribution in [1.82, 2.24) is 15.1 Å². The minimum absolute atomic E-state index is 0.624. The first-order valence-electron chi connectivity index (χ1n) is 5.74. The molecule has 90 valence electrons. The first kappa shape index (κ1) is 12.8. The molecule has 1 aromatic rings. The van der Waals surface area contributed by atoms with Gasteiger partial charge in [0.05, 0.1) is 12.3 Å². The number of aryl methyl sites for hydroxylation is 1. The summed E-state index contributed by atoms with van der Waals surface area (Å²) in [4.78, 5) is 0. The Morgan fingerprint density at radius 2 is 2.31 bits per heavy atom. The SMILES string of the molecule is C=C(OCC)c1cc(CNCCC)n(C)n1. The lowest BCUT2D eigenvalue weighted by atomic mass is 10.3. The number of rotatable bonds is 7. The fourth-order valence-corrected chi connectivity index (χ4v) is 1.45. The highest BCUT2D eigenvalue weighted by molar-refractivity contribution is 5.53. The van der Waals surface area contributed by atoms with E-state index in [0.717, 1.165) is 30.9 Å². The summed E-state index contributed by atoms with van der Waals surface area (Å²) in [6.07, 6.45) is 1.14. The topological polar surface area (TPSA) is 39.1 Å². The van der Waals surface area contributed by atoms with Crippen molar-refractivity contribution in [3.63, 3.8) is 0 Å². The monoisotopic (exact) mass is 223 g/mol. The van der Waals surface area contributed by atoms with E-state index in [4.69, 9.17) is 4.74 Å². The van der Waals surface area contributed by atoms with Gasteiger partial charge in [-0.3, -0.25) is 4.68 Å². The molecule has 0 atom stereocenters. The van der Waals surface area contributed by atoms with E-state index in [1.54, 1.807) is 0 Å². The van der Waals surface area contributed by atoms with Crippen molar-refractivity contribution in [2.75, 3.05) is 13.2 Å². The molecule has 0 bridgehead atoms. The number of hydrogen-bond acceptors (Lipinski definition) is 3. The number of nitrogens with zero attached hydrogens (tertiary/aromatic N) is 2. The second kappa shape index (κ2) is 6.33. The van der Waals surface area contributed by atoms with Gasteiger partial charge in [-0.2, -0.15) is 5.10 Å². The minimum Gasteiger partial charge on any atom is -0.492 e. The molecule has 0 fully saturated rings. The van der Waals surface area contributed by atoms with Gasteiger partial charge in [0, 0.05) is 13.6 Å². The van der Waals surface area contributed by atoms with Crippen molar-refractivity contribution in [1.29, 1.82) is 0 Å². The van der Waals surface area contributed by atoms with Crippen molar-refractivity contribution in [2.45, 2.75) is 26.8 Å². The lowest BCUT2D eigenvalue weighted by Crippen LogP contribution is -2.16. The third-order valence-corrected chi connectivity index (χ3v) is 2.31. The van der Waals surface area contributed by atoms with Gasteiger partial charge in [0.15, 0.2) is 0 Å². The van der Waals surface area contributed by atoms with E-state index in [0.29, 0.717) is 12.4 Å². The van der Waals surface area contributed by atoms with Crippen LogP contribution in [0.3, 0.4) is 0 Å². The summed E-state index contributed by atoms with van der Waals surface area (Å²) in [5, 5.41) is 7.71. The van der Waals surface area contributed by atoms with Crippen molar-refractivity contribution in [2.24, 2.45) is 7.05 Å². The Morgan fingerprint density at radius 1 is 1.56 bits per heavy atom. The van der Waals surface area contributed by atoms with Crippen molar-refractivity contribution in [3.8, 4) is 0 Å². The molecule has 0 amide bonds. The molecular weight excluding hydrogens is 202 g/mol. The molecule has 0 aliphatic heterocycles. The molecule has 1 heterocycles. The fourth-order valence-electron chi connectivity index (χ4n) is 1.45. The quantitative estimate of drug-likeness (QED) is 0.567. The van der Waals surface area contributed by atoms with Crippen molar-refractivity contribution < 1.29 is 4.74 Å². The van der Waals surface area contributed by atoms with Crippen LogP contribution >= 0.6 is 0 Å². The average molecular weight is 223 g/mol. The molecule has 0 radical (unpaired) electrons. The first-order chi connectivity index (χ1) is 7.69. The van der Waals surface area contributed by atoms with Crippen LogP contribution in [0, 0.1) is 0 Å². The highest BCUT2D eigenvalue weighted by Gasteiger charge is 2.08. The maximum absolute atomic E-state index is 5.33. The van der Waals surface area contributed by atoms with Gasteiger partial charge < -0.3 is 10.1 Å². The van der Waals surface area contributed by atoms with E-state index in [1.165, 1.54) is 0 Å². The predicted octanol–water partition coefficient (Wildman–Crippen LogP) is 1.93. The Labute approximate surface area is 97.3 Å². The van der Waals surface area contributed by atoms with Gasteiger partial charge in [-0.15, -0.1) is 0 Å². The van der Waals surface area contributed by atoms with Crippen molar-refractivity contribution in [3.05, 3.63) is 24.0 Å². The Hall–Kier alpha value is -1.29. The van der Waals surface area contributed by atoms with Crippen LogP contribution in [0.25, 0.3) is 5.76 Å². The van der Waals surface area contributed by atoms with Crippen LogP contribution < -0.4 is 5.32 Å². The molecule has 0 saturated heterocycles. The molecule has 16 heavy (non-hydrogen) atoms. The number of nitrogens with one attached hydrogen (secondary N) is 1. The Bertz CT molecular complexity index is 344. The van der Waals surface area contributed by atoms with E-state index < -0.39 is 0 Å². The standard InChI is InChI=1S/C12H21N3O/c1-5-7-13-9-11-8-12(14-15(11)4)10(3)16-6-2/h8,13H,3,5-7,9H2,1-2,4H3. The van der Waals surface area contributed by atoms with E-state index in [9.17, 15) is 0 Å². The Morgan fingerprint density at radius 3 is 2.94 bits per heavy atom. The summed E-state index contributed by atoms with van der Waals surface area (Å²) < 4.78 is 7.19. The summed E-state index contributed by atoms with van der Waals surface area (Å²) in [5.41, 5.74) is 1.96. The number of ether oxygens (including phenoxy) is 1. The van der Waals surface area contributed by atoms with E-state index in [2.05, 4.69) is 23.9 Å². The Kier molecular flexibility index (Phi) is 5.05. The third-order valence-electron chi connectivity index (χ3n) is 2.31. The van der Waals surface area contributed by atoms with E-state index in [1.807, 2.05) is 24.7 Å². The predicted molar refractivity (Wildman–Crippen MR) is 65.9 cm³/mol. The lowest BCUT2D eigenvalue weighted by molar-refractivity contribution is 0.297. The summed E-state index contributed by atoms with van der Waals surface area (Å²) in [7, 11) is 1.94. The van der Waals surface area contributed by atoms with Gasteiger partial charge in [0.25, 0.3) is 0 Å². The molecule has 0 aliphatic carbocycles. The highest BCUT2D eigenvalue weighted by atomic mass is 16.5. The van der Waals surface area contributed by atoms with Crippen LogP contribution in [-0.4, -0.2) is 22.9 Å². The van der Waals surface area contributed by atoms with Crippen LogP contribution in [0.5, 0.6) is 0 Å². The van der Waals surface area contributed by atoms with Crippen LogP contribution in [0.15, 0.2) is 12.6 Å². The zero-order valence-electron chi connectivity index (χ0n) is 10.4. The maximum atomic E-state index is 5.33. The second-order valence-corrected chi connectivity index (χ2v) is 3.68. The minimum atomic E-state index is 0.624. The molecule has 1 N–H and O–H groups in total. The van der Waals surface area contributed by atoms with Gasteiger partial charge >= 0.3 is 0 Å². The molecule has 4 heteroatoms. The average Bonchev–Trinajstić information content (AvgIpc) is 2.61. The van der Waals surface area contributed by atoms with Gasteiger partial charge in [0.2, 0.25) is 0 Å². The van der Waals surface area contributed by atoms with Crippen LogP contribution in [0.2, 0.25) is 0 Å². The third kappa shape index (κ3) is 3.38. The molecule has 4 nitrogen and oxygen atoms in total. The van der Waals surface area contributed by atoms with Gasteiger partial charge in [-0.05, 0) is 26.0 Å². The van der Waals surface area contributed by atoms with Gasteiger partial charge in [0.1, 0.15) is 11.5 Å². The first-order valence-corrected chi connectivity index (χ1v) is 5.74. The maximum Gasteiger partial charge on any atom is 0.139 e. The largest absolute Gasteiger partial charge is 0.492 e. The van der Waals surface area contributed by atoms with Crippen LogP contribution in [0.4, 0.5) is 0 Å². The fraction of sp³-hybridized carbons (Fsp3) is 0.583. The summed E-state index contributed by atoms with van der Waals surface area (Å²) in [6.45, 7) is 10.4. The molecular formula is C12H21N3O. The lowest BCUT2D eigenvalue weighted by Gasteiger charge is -2.02. The smallest absolute Gasteiger partial charge is 0.139 e. The van der Waals surface area contributed by atoms with Gasteiger partial charge in [-0.1, -0.05) is 13.5 Å². The highest BCUT2D eigenvalue weighted by Crippen LogP contribution is 2.13. The zero-order valence-corrected chi connectivity index (χ0v) is 10.4. The molecule has 0 unspecified atom stereocenters. The van der Waals surface area contributed by atoms with Crippen molar-refractivity contribution >= 4 is 5.76 Å². The number of hydrogen-bond donors (Lipinski definition) is 1. The molecule has 0 spiro atoms. The molecule has 0 saturated carbocycles. The van der Waals surface area contributed by atoms with E-state index >= 15 is 0 Å². The molecule has 1 rings (SSSR count).